The van der Waals surface area contributed by atoms with Gasteiger partial charge in [0.25, 0.3) is 5.91 Å². The molecule has 3 aromatic rings. The topological polar surface area (TPSA) is 175 Å². The molecule has 1 atom stereocenters. The van der Waals surface area contributed by atoms with E-state index in [1.54, 1.807) is 12.4 Å². The number of amides is 1. The number of aliphatic carboxylic acids is 1. The SMILES string of the molecule is Cc1cc(S(=O)(=O)N[C@@H](CNC(=O)C2=NOC3(CCC(CNc4ncc[nH]4)CC3)C2)C(=O)O)cc(C)c1-c1ccccc1. The molecular formula is C30H36N6O6S. The molecule has 0 unspecified atom stereocenters. The van der Waals surface area contributed by atoms with Crippen LogP contribution in [0.3, 0.4) is 0 Å². The quantitative estimate of drug-likeness (QED) is 0.220. The Labute approximate surface area is 250 Å². The van der Waals surface area contributed by atoms with Crippen LogP contribution in [-0.4, -0.2) is 65.8 Å². The highest BCUT2D eigenvalue weighted by Gasteiger charge is 2.44. The monoisotopic (exact) mass is 608 g/mol. The molecule has 0 bridgehead atoms. The van der Waals surface area contributed by atoms with Crippen LogP contribution in [0.15, 0.2) is 64.9 Å². The van der Waals surface area contributed by atoms with E-state index in [0.29, 0.717) is 12.3 Å². The summed E-state index contributed by atoms with van der Waals surface area (Å²) >= 11 is 0. The van der Waals surface area contributed by atoms with E-state index >= 15 is 0 Å². The number of sulfonamides is 1. The van der Waals surface area contributed by atoms with Crippen molar-refractivity contribution in [1.82, 2.24) is 20.0 Å². The van der Waals surface area contributed by atoms with Gasteiger partial charge in [-0.15, -0.1) is 0 Å². The number of hydrogen-bond acceptors (Lipinski definition) is 8. The van der Waals surface area contributed by atoms with Gasteiger partial charge in [0.1, 0.15) is 17.4 Å². The van der Waals surface area contributed by atoms with Gasteiger partial charge in [-0.1, -0.05) is 35.5 Å². The zero-order valence-corrected chi connectivity index (χ0v) is 24.9. The molecule has 43 heavy (non-hydrogen) atoms. The minimum atomic E-state index is -4.21. The van der Waals surface area contributed by atoms with Crippen molar-refractivity contribution in [2.45, 2.75) is 62.5 Å². The maximum atomic E-state index is 13.2. The zero-order valence-electron chi connectivity index (χ0n) is 24.1. The second-order valence-corrected chi connectivity index (χ2v) is 13.0. The van der Waals surface area contributed by atoms with Gasteiger partial charge < -0.3 is 25.6 Å². The first-order chi connectivity index (χ1) is 20.6. The second-order valence-electron chi connectivity index (χ2n) is 11.3. The molecule has 1 aromatic heterocycles. The number of carboxylic acid groups (broad SMARTS) is 1. The van der Waals surface area contributed by atoms with Crippen LogP contribution in [0.1, 0.15) is 43.2 Å². The first-order valence-electron chi connectivity index (χ1n) is 14.2. The molecule has 5 N–H and O–H groups in total. The van der Waals surface area contributed by atoms with Gasteiger partial charge in [-0.05, 0) is 79.8 Å². The summed E-state index contributed by atoms with van der Waals surface area (Å²) in [6.45, 7) is 3.94. The van der Waals surface area contributed by atoms with Crippen LogP contribution in [0, 0.1) is 19.8 Å². The standard InChI is InChI=1S/C30H36N6O6S/c1-19-14-23(15-20(2)26(19)22-6-4-3-5-7-22)43(40,41)36-25(28(38)39)18-33-27(37)24-16-30(42-35-24)10-8-21(9-11-30)17-34-29-31-12-13-32-29/h3-7,12-15,21,25,36H,8-11,16-18H2,1-2H3,(H,33,37)(H,38,39)(H2,31,32,34)/t21?,25-,30?/m0/s1. The fourth-order valence-electron chi connectivity index (χ4n) is 5.79. The van der Waals surface area contributed by atoms with Crippen LogP contribution >= 0.6 is 0 Å². The van der Waals surface area contributed by atoms with Crippen molar-refractivity contribution in [2.75, 3.05) is 18.4 Å². The lowest BCUT2D eigenvalue weighted by Gasteiger charge is -2.34. The molecule has 2 aliphatic rings. The Hall–Kier alpha value is -4.23. The summed E-state index contributed by atoms with van der Waals surface area (Å²) in [5, 5.41) is 19.6. The molecule has 0 radical (unpaired) electrons. The predicted molar refractivity (Wildman–Crippen MR) is 161 cm³/mol. The van der Waals surface area contributed by atoms with Crippen molar-refractivity contribution < 1.29 is 28.0 Å². The Kier molecular flexibility index (Phi) is 8.83. The van der Waals surface area contributed by atoms with Gasteiger partial charge in [-0.2, -0.15) is 4.72 Å². The number of nitrogens with one attached hydrogen (secondary N) is 4. The van der Waals surface area contributed by atoms with Gasteiger partial charge in [0.2, 0.25) is 10.0 Å². The van der Waals surface area contributed by atoms with Crippen molar-refractivity contribution in [2.24, 2.45) is 11.1 Å². The van der Waals surface area contributed by atoms with Crippen LogP contribution in [0.5, 0.6) is 0 Å². The van der Waals surface area contributed by atoms with Gasteiger partial charge in [-0.25, -0.2) is 13.4 Å². The molecule has 2 aromatic carbocycles. The highest BCUT2D eigenvalue weighted by atomic mass is 32.2. The lowest BCUT2D eigenvalue weighted by Crippen LogP contribution is -2.49. The number of nitrogens with zero attached hydrogens (tertiary/aromatic N) is 2. The number of imidazole rings is 1. The number of benzene rings is 2. The minimum Gasteiger partial charge on any atom is -0.480 e. The predicted octanol–water partition coefficient (Wildman–Crippen LogP) is 3.36. The number of hydrogen-bond donors (Lipinski definition) is 5. The summed E-state index contributed by atoms with van der Waals surface area (Å²) in [5.41, 5.74) is 2.96. The van der Waals surface area contributed by atoms with Crippen LogP contribution in [0.4, 0.5) is 5.95 Å². The molecular weight excluding hydrogens is 572 g/mol. The molecule has 0 saturated heterocycles. The summed E-state index contributed by atoms with van der Waals surface area (Å²) in [6, 6.07) is 11.0. The Morgan fingerprint density at radius 1 is 1.14 bits per heavy atom. The van der Waals surface area contributed by atoms with E-state index in [9.17, 15) is 23.1 Å². The number of anilines is 1. The normalized spacial score (nSPS) is 20.7. The van der Waals surface area contributed by atoms with Crippen LogP contribution in [0.25, 0.3) is 11.1 Å². The number of H-pyrrole nitrogens is 1. The third-order valence-electron chi connectivity index (χ3n) is 8.12. The molecule has 1 aliphatic heterocycles. The lowest BCUT2D eigenvalue weighted by molar-refractivity contribution is -0.138. The molecule has 13 heteroatoms. The van der Waals surface area contributed by atoms with Gasteiger partial charge in [0.15, 0.2) is 5.95 Å². The molecule has 2 heterocycles. The zero-order chi connectivity index (χ0) is 30.6. The number of oxime groups is 1. The van der Waals surface area contributed by atoms with Crippen LogP contribution in [0.2, 0.25) is 0 Å². The van der Waals surface area contributed by atoms with E-state index in [4.69, 9.17) is 4.84 Å². The van der Waals surface area contributed by atoms with Crippen molar-refractivity contribution in [3.8, 4) is 11.1 Å². The average Bonchev–Trinajstić information content (AvgIpc) is 3.66. The second kappa shape index (κ2) is 12.6. The number of carbonyl (C=O) groups excluding carboxylic acids is 1. The number of aryl methyl sites for hydroxylation is 2. The van der Waals surface area contributed by atoms with Crippen LogP contribution in [-0.2, 0) is 24.4 Å². The first kappa shape index (κ1) is 30.2. The summed E-state index contributed by atoms with van der Waals surface area (Å²) in [4.78, 5) is 37.7. The maximum Gasteiger partial charge on any atom is 0.323 e. The Morgan fingerprint density at radius 3 is 2.47 bits per heavy atom. The molecule has 1 spiro atoms. The molecule has 5 rings (SSSR count). The summed E-state index contributed by atoms with van der Waals surface area (Å²) in [6.07, 6.45) is 7.02. The third-order valence-corrected chi connectivity index (χ3v) is 9.57. The average molecular weight is 609 g/mol. The molecule has 1 fully saturated rings. The van der Waals surface area contributed by atoms with E-state index in [1.165, 1.54) is 12.1 Å². The third kappa shape index (κ3) is 7.05. The van der Waals surface area contributed by atoms with E-state index in [2.05, 4.69) is 30.5 Å². The Bertz CT molecular complexity index is 1580. The van der Waals surface area contributed by atoms with Gasteiger partial charge in [0, 0.05) is 31.9 Å². The van der Waals surface area contributed by atoms with Crippen molar-refractivity contribution in [3.05, 3.63) is 66.0 Å². The minimum absolute atomic E-state index is 0.0507. The highest BCUT2D eigenvalue weighted by Crippen LogP contribution is 2.40. The fourth-order valence-corrected chi connectivity index (χ4v) is 7.15. The van der Waals surface area contributed by atoms with E-state index in [1.807, 2.05) is 44.2 Å². The Balaban J connectivity index is 1.15. The fraction of sp³-hybridized carbons (Fsp3) is 0.400. The van der Waals surface area contributed by atoms with Gasteiger partial charge in [0.05, 0.1) is 4.90 Å². The number of aromatic amines is 1. The smallest absolute Gasteiger partial charge is 0.323 e. The maximum absolute atomic E-state index is 13.2. The number of carbonyl (C=O) groups is 2. The van der Waals surface area contributed by atoms with Gasteiger partial charge in [-0.3, -0.25) is 9.59 Å². The molecule has 1 aliphatic carbocycles. The van der Waals surface area contributed by atoms with E-state index < -0.39 is 40.1 Å². The van der Waals surface area contributed by atoms with E-state index in [0.717, 1.165) is 60.4 Å². The molecule has 1 saturated carbocycles. The summed E-state index contributed by atoms with van der Waals surface area (Å²) in [7, 11) is -4.21. The molecule has 12 nitrogen and oxygen atoms in total. The summed E-state index contributed by atoms with van der Waals surface area (Å²) < 4.78 is 28.6. The van der Waals surface area contributed by atoms with E-state index in [-0.39, 0.29) is 10.6 Å². The first-order valence-corrected chi connectivity index (χ1v) is 15.7. The number of aromatic nitrogens is 2. The number of rotatable bonds is 11. The van der Waals surface area contributed by atoms with Crippen molar-refractivity contribution in [1.29, 1.82) is 0 Å². The number of carboxylic acids is 1. The largest absolute Gasteiger partial charge is 0.480 e. The lowest BCUT2D eigenvalue weighted by atomic mass is 9.76. The van der Waals surface area contributed by atoms with Crippen molar-refractivity contribution in [3.63, 3.8) is 0 Å². The Morgan fingerprint density at radius 2 is 1.84 bits per heavy atom. The highest BCUT2D eigenvalue weighted by molar-refractivity contribution is 7.89. The van der Waals surface area contributed by atoms with Crippen LogP contribution < -0.4 is 15.4 Å². The van der Waals surface area contributed by atoms with Crippen molar-refractivity contribution >= 4 is 33.6 Å². The molecule has 228 valence electrons. The molecule has 1 amide bonds. The van der Waals surface area contributed by atoms with Gasteiger partial charge >= 0.3 is 5.97 Å². The summed E-state index contributed by atoms with van der Waals surface area (Å²) in [5.74, 6) is -0.833.